The predicted octanol–water partition coefficient (Wildman–Crippen LogP) is 1.37. The minimum atomic E-state index is 0.0186. The van der Waals surface area contributed by atoms with Crippen LogP contribution in [0.4, 0.5) is 5.69 Å². The number of hydrogen-bond donors (Lipinski definition) is 2. The van der Waals surface area contributed by atoms with Crippen molar-refractivity contribution in [2.24, 2.45) is 5.73 Å². The summed E-state index contributed by atoms with van der Waals surface area (Å²) in [6.07, 6.45) is 1.93. The Balaban J connectivity index is 1.86. The number of carbonyl (C=O) groups is 1. The van der Waals surface area contributed by atoms with Gasteiger partial charge in [-0.2, -0.15) is 0 Å². The van der Waals surface area contributed by atoms with Crippen molar-refractivity contribution >= 4 is 11.6 Å². The first kappa shape index (κ1) is 14.8. The Morgan fingerprint density at radius 2 is 2.15 bits per heavy atom. The molecule has 3 N–H and O–H groups in total. The molecule has 1 aromatic carbocycles. The third-order valence-electron chi connectivity index (χ3n) is 3.68. The number of benzene rings is 1. The molecule has 1 saturated heterocycles. The van der Waals surface area contributed by atoms with Crippen LogP contribution in [-0.2, 0) is 4.79 Å². The summed E-state index contributed by atoms with van der Waals surface area (Å²) in [7, 11) is 1.64. The number of methoxy groups -OCH3 is 1. The normalized spacial score (nSPS) is 16.9. The lowest BCUT2D eigenvalue weighted by Crippen LogP contribution is -2.43. The van der Waals surface area contributed by atoms with E-state index in [1.807, 2.05) is 25.1 Å². The van der Waals surface area contributed by atoms with Gasteiger partial charge in [0.2, 0.25) is 5.91 Å². The number of amides is 1. The Morgan fingerprint density at radius 1 is 1.45 bits per heavy atom. The molecule has 1 aliphatic rings. The number of nitrogens with two attached hydrogens (primary N) is 1. The number of nitrogens with zero attached hydrogens (tertiary/aromatic N) is 1. The number of anilines is 1. The van der Waals surface area contributed by atoms with E-state index in [2.05, 4.69) is 10.2 Å². The summed E-state index contributed by atoms with van der Waals surface area (Å²) in [5.74, 6) is 0.845. The zero-order chi connectivity index (χ0) is 14.5. The molecule has 0 aliphatic carbocycles. The summed E-state index contributed by atoms with van der Waals surface area (Å²) in [4.78, 5) is 14.2. The van der Waals surface area contributed by atoms with Gasteiger partial charge in [-0.1, -0.05) is 0 Å². The van der Waals surface area contributed by atoms with Crippen LogP contribution in [0.25, 0.3) is 0 Å². The van der Waals surface area contributed by atoms with Crippen LogP contribution in [-0.4, -0.2) is 43.6 Å². The van der Waals surface area contributed by atoms with Crippen LogP contribution < -0.4 is 15.8 Å². The molecule has 2 rings (SSSR count). The van der Waals surface area contributed by atoms with Crippen LogP contribution in [0.2, 0.25) is 0 Å². The first-order chi connectivity index (χ1) is 9.58. The zero-order valence-electron chi connectivity index (χ0n) is 12.2. The lowest BCUT2D eigenvalue weighted by atomic mass is 10.1. The van der Waals surface area contributed by atoms with Gasteiger partial charge in [-0.3, -0.25) is 9.69 Å². The molecule has 1 aromatic rings. The largest absolute Gasteiger partial charge is 0.496 e. The van der Waals surface area contributed by atoms with E-state index in [9.17, 15) is 4.79 Å². The minimum absolute atomic E-state index is 0.0186. The van der Waals surface area contributed by atoms with Gasteiger partial charge in [-0.05, 0) is 43.5 Å². The number of rotatable bonds is 4. The van der Waals surface area contributed by atoms with Crippen LogP contribution in [0.1, 0.15) is 18.4 Å². The summed E-state index contributed by atoms with van der Waals surface area (Å²) in [5.41, 5.74) is 7.67. The van der Waals surface area contributed by atoms with E-state index in [0.717, 1.165) is 42.9 Å². The van der Waals surface area contributed by atoms with Crippen molar-refractivity contribution < 1.29 is 9.53 Å². The van der Waals surface area contributed by atoms with E-state index in [-0.39, 0.29) is 5.91 Å². The molecule has 1 heterocycles. The summed E-state index contributed by atoms with van der Waals surface area (Å²) in [6.45, 7) is 4.19. The van der Waals surface area contributed by atoms with Gasteiger partial charge < -0.3 is 15.8 Å². The first-order valence-electron chi connectivity index (χ1n) is 7.01. The van der Waals surface area contributed by atoms with Crippen molar-refractivity contribution in [3.8, 4) is 5.75 Å². The van der Waals surface area contributed by atoms with E-state index >= 15 is 0 Å². The number of hydrogen-bond acceptors (Lipinski definition) is 4. The van der Waals surface area contributed by atoms with Gasteiger partial charge in [0.25, 0.3) is 0 Å². The molecule has 5 nitrogen and oxygen atoms in total. The van der Waals surface area contributed by atoms with Crippen molar-refractivity contribution in [1.29, 1.82) is 0 Å². The molecule has 0 bridgehead atoms. The number of nitrogens with one attached hydrogen (secondary N) is 1. The van der Waals surface area contributed by atoms with Crippen LogP contribution in [0.3, 0.4) is 0 Å². The summed E-state index contributed by atoms with van der Waals surface area (Å²) >= 11 is 0. The molecule has 1 aliphatic heterocycles. The van der Waals surface area contributed by atoms with Crippen molar-refractivity contribution in [3.63, 3.8) is 0 Å². The maximum absolute atomic E-state index is 12.0. The molecule has 5 heteroatoms. The minimum Gasteiger partial charge on any atom is -0.496 e. The van der Waals surface area contributed by atoms with E-state index < -0.39 is 0 Å². The predicted molar refractivity (Wildman–Crippen MR) is 80.0 cm³/mol. The fourth-order valence-electron chi connectivity index (χ4n) is 2.47. The van der Waals surface area contributed by atoms with Gasteiger partial charge in [-0.25, -0.2) is 0 Å². The number of ether oxygens (including phenoxy) is 1. The molecule has 0 unspecified atom stereocenters. The monoisotopic (exact) mass is 277 g/mol. The van der Waals surface area contributed by atoms with Crippen LogP contribution in [0.15, 0.2) is 18.2 Å². The summed E-state index contributed by atoms with van der Waals surface area (Å²) < 4.78 is 5.20. The highest BCUT2D eigenvalue weighted by molar-refractivity contribution is 5.92. The van der Waals surface area contributed by atoms with Crippen LogP contribution >= 0.6 is 0 Å². The third kappa shape index (κ3) is 3.95. The first-order valence-corrected chi connectivity index (χ1v) is 7.01. The Kier molecular flexibility index (Phi) is 4.98. The molecule has 0 saturated carbocycles. The molecule has 0 radical (unpaired) electrons. The van der Waals surface area contributed by atoms with Gasteiger partial charge in [0, 0.05) is 24.8 Å². The Morgan fingerprint density at radius 3 is 2.75 bits per heavy atom. The van der Waals surface area contributed by atoms with Gasteiger partial charge >= 0.3 is 0 Å². The highest BCUT2D eigenvalue weighted by Crippen LogP contribution is 2.21. The second-order valence-electron chi connectivity index (χ2n) is 5.35. The molecular formula is C15H23N3O2. The molecule has 20 heavy (non-hydrogen) atoms. The Hall–Kier alpha value is -1.59. The molecule has 0 atom stereocenters. The quantitative estimate of drug-likeness (QED) is 0.872. The number of aryl methyl sites for hydroxylation is 1. The summed E-state index contributed by atoms with van der Waals surface area (Å²) in [5, 5.41) is 2.93. The van der Waals surface area contributed by atoms with Crippen LogP contribution in [0.5, 0.6) is 5.75 Å². The lowest BCUT2D eigenvalue weighted by molar-refractivity contribution is -0.117. The molecule has 1 amide bonds. The fraction of sp³-hybridized carbons (Fsp3) is 0.533. The SMILES string of the molecule is COc1ccc(NC(=O)CN2CCC(N)CC2)cc1C. The topological polar surface area (TPSA) is 67.6 Å². The average molecular weight is 277 g/mol. The standard InChI is InChI=1S/C15H23N3O2/c1-11-9-13(3-4-14(11)20-2)17-15(19)10-18-7-5-12(16)6-8-18/h3-4,9,12H,5-8,10,16H2,1-2H3,(H,17,19). The smallest absolute Gasteiger partial charge is 0.238 e. The van der Waals surface area contributed by atoms with E-state index in [4.69, 9.17) is 10.5 Å². The molecule has 0 aromatic heterocycles. The maximum Gasteiger partial charge on any atom is 0.238 e. The van der Waals surface area contributed by atoms with E-state index in [0.29, 0.717) is 12.6 Å². The number of carbonyl (C=O) groups excluding carboxylic acids is 1. The Labute approximate surface area is 120 Å². The molecule has 0 spiro atoms. The molecule has 110 valence electrons. The van der Waals surface area contributed by atoms with E-state index in [1.54, 1.807) is 7.11 Å². The third-order valence-corrected chi connectivity index (χ3v) is 3.68. The fourth-order valence-corrected chi connectivity index (χ4v) is 2.47. The Bertz CT molecular complexity index is 468. The van der Waals surface area contributed by atoms with Crippen molar-refractivity contribution in [3.05, 3.63) is 23.8 Å². The second-order valence-corrected chi connectivity index (χ2v) is 5.35. The van der Waals surface area contributed by atoms with Crippen LogP contribution in [0, 0.1) is 6.92 Å². The average Bonchev–Trinajstić information content (AvgIpc) is 2.41. The summed E-state index contributed by atoms with van der Waals surface area (Å²) in [6, 6.07) is 5.93. The van der Waals surface area contributed by atoms with Crippen molar-refractivity contribution in [1.82, 2.24) is 4.90 Å². The lowest BCUT2D eigenvalue weighted by Gasteiger charge is -2.29. The van der Waals surface area contributed by atoms with Crippen molar-refractivity contribution in [2.75, 3.05) is 32.1 Å². The number of likely N-dealkylation sites (tertiary alicyclic amines) is 1. The second kappa shape index (κ2) is 6.72. The van der Waals surface area contributed by atoms with Gasteiger partial charge in [0.05, 0.1) is 13.7 Å². The maximum atomic E-state index is 12.0. The van der Waals surface area contributed by atoms with Gasteiger partial charge in [0.15, 0.2) is 0 Å². The number of piperidine rings is 1. The van der Waals surface area contributed by atoms with Crippen molar-refractivity contribution in [2.45, 2.75) is 25.8 Å². The highest BCUT2D eigenvalue weighted by Gasteiger charge is 2.18. The molecule has 1 fully saturated rings. The van der Waals surface area contributed by atoms with Gasteiger partial charge in [-0.15, -0.1) is 0 Å². The van der Waals surface area contributed by atoms with Gasteiger partial charge in [0.1, 0.15) is 5.75 Å². The highest BCUT2D eigenvalue weighted by atomic mass is 16.5. The molecular weight excluding hydrogens is 254 g/mol. The zero-order valence-corrected chi connectivity index (χ0v) is 12.2. The van der Waals surface area contributed by atoms with E-state index in [1.165, 1.54) is 0 Å².